The molecule has 0 radical (unpaired) electrons. The van der Waals surface area contributed by atoms with Crippen molar-refractivity contribution in [3.63, 3.8) is 0 Å². The lowest BCUT2D eigenvalue weighted by molar-refractivity contribution is 0.417. The fourth-order valence-electron chi connectivity index (χ4n) is 3.42. The number of rotatable bonds is 4. The number of hydrogen-bond donors (Lipinski definition) is 1. The van der Waals surface area contributed by atoms with Gasteiger partial charge < -0.3 is 10.5 Å². The molecular formula is C24H15ClN4OS. The second-order valence-corrected chi connectivity index (χ2v) is 8.07. The van der Waals surface area contributed by atoms with Crippen LogP contribution in [-0.2, 0) is 0 Å². The fraction of sp³-hybridized carbons (Fsp3) is 0.0417. The van der Waals surface area contributed by atoms with Gasteiger partial charge >= 0.3 is 0 Å². The van der Waals surface area contributed by atoms with E-state index in [4.69, 9.17) is 22.1 Å². The number of benzene rings is 3. The molecule has 0 unspecified atom stereocenters. The molecule has 0 bridgehead atoms. The molecule has 0 aliphatic heterocycles. The lowest BCUT2D eigenvalue weighted by atomic mass is 9.91. The van der Waals surface area contributed by atoms with E-state index in [-0.39, 0.29) is 16.9 Å². The highest BCUT2D eigenvalue weighted by Crippen LogP contribution is 2.44. The third kappa shape index (κ3) is 3.75. The van der Waals surface area contributed by atoms with Crippen molar-refractivity contribution >= 4 is 40.0 Å². The zero-order valence-corrected chi connectivity index (χ0v) is 18.0. The number of nitrogen functional groups attached to an aromatic ring is 1. The van der Waals surface area contributed by atoms with Crippen molar-refractivity contribution in [2.75, 3.05) is 12.8 Å². The summed E-state index contributed by atoms with van der Waals surface area (Å²) in [7, 11) is 1.56. The highest BCUT2D eigenvalue weighted by Gasteiger charge is 2.24. The molecule has 5 nitrogen and oxygen atoms in total. The first-order chi connectivity index (χ1) is 15.1. The number of methoxy groups -OCH3 is 1. The van der Waals surface area contributed by atoms with Gasteiger partial charge in [0.25, 0.3) is 0 Å². The maximum atomic E-state index is 10.1. The van der Waals surface area contributed by atoms with Gasteiger partial charge in [-0.1, -0.05) is 53.7 Å². The summed E-state index contributed by atoms with van der Waals surface area (Å²) >= 11 is 7.27. The van der Waals surface area contributed by atoms with E-state index in [2.05, 4.69) is 17.1 Å². The standard InChI is InChI=1S/C24H15ClN4OS/c1-30-20-11-6-14-4-2-3-5-17(14)22(20)21-18(12-26)23(28)29-24(19(21)13-27)31-16-9-7-15(25)8-10-16/h2-11H,1H3,(H2,28,29). The fourth-order valence-corrected chi connectivity index (χ4v) is 4.43. The lowest BCUT2D eigenvalue weighted by Crippen LogP contribution is -2.04. The number of fused-ring (bicyclic) bond motifs is 1. The summed E-state index contributed by atoms with van der Waals surface area (Å²) in [5.74, 6) is 0.600. The van der Waals surface area contributed by atoms with Gasteiger partial charge in [0.15, 0.2) is 0 Å². The van der Waals surface area contributed by atoms with Gasteiger partial charge in [0.05, 0.1) is 12.7 Å². The number of halogens is 1. The molecule has 0 amide bonds. The molecule has 0 saturated carbocycles. The average molecular weight is 443 g/mol. The highest BCUT2D eigenvalue weighted by molar-refractivity contribution is 7.99. The number of nitrogens with zero attached hydrogens (tertiary/aromatic N) is 3. The van der Waals surface area contributed by atoms with Crippen molar-refractivity contribution in [3.05, 3.63) is 76.8 Å². The van der Waals surface area contributed by atoms with Crippen molar-refractivity contribution in [2.45, 2.75) is 9.92 Å². The van der Waals surface area contributed by atoms with Gasteiger partial charge in [0.1, 0.15) is 34.3 Å². The summed E-state index contributed by atoms with van der Waals surface area (Å²) in [4.78, 5) is 5.22. The van der Waals surface area contributed by atoms with E-state index in [1.54, 1.807) is 19.2 Å². The number of anilines is 1. The highest BCUT2D eigenvalue weighted by atomic mass is 35.5. The largest absolute Gasteiger partial charge is 0.496 e. The lowest BCUT2D eigenvalue weighted by Gasteiger charge is -2.17. The normalized spacial score (nSPS) is 10.5. The Morgan fingerprint density at radius 3 is 2.32 bits per heavy atom. The topological polar surface area (TPSA) is 95.7 Å². The molecule has 0 atom stereocenters. The molecule has 3 aromatic carbocycles. The molecular weight excluding hydrogens is 428 g/mol. The van der Waals surface area contributed by atoms with E-state index in [1.165, 1.54) is 11.8 Å². The SMILES string of the molecule is COc1ccc2ccccc2c1-c1c(C#N)c(N)nc(Sc2ccc(Cl)cc2)c1C#N. The summed E-state index contributed by atoms with van der Waals surface area (Å²) in [5, 5.41) is 22.8. The van der Waals surface area contributed by atoms with Crippen LogP contribution in [0.1, 0.15) is 11.1 Å². The molecule has 7 heteroatoms. The summed E-state index contributed by atoms with van der Waals surface area (Å²) in [6.45, 7) is 0. The van der Waals surface area contributed by atoms with Crippen LogP contribution in [0.15, 0.2) is 70.6 Å². The second kappa shape index (κ2) is 8.57. The molecule has 2 N–H and O–H groups in total. The van der Waals surface area contributed by atoms with Crippen molar-refractivity contribution in [1.29, 1.82) is 10.5 Å². The molecule has 4 aromatic rings. The Labute approximate surface area is 188 Å². The first-order valence-corrected chi connectivity index (χ1v) is 10.4. The Hall–Kier alpha value is -3.71. The monoisotopic (exact) mass is 442 g/mol. The maximum absolute atomic E-state index is 10.1. The Kier molecular flexibility index (Phi) is 5.68. The minimum atomic E-state index is 0.0583. The van der Waals surface area contributed by atoms with Gasteiger partial charge in [-0.05, 0) is 41.1 Å². The number of hydrogen-bond acceptors (Lipinski definition) is 6. The number of ether oxygens (including phenoxy) is 1. The van der Waals surface area contributed by atoms with Crippen molar-refractivity contribution < 1.29 is 4.74 Å². The molecule has 31 heavy (non-hydrogen) atoms. The molecule has 0 spiro atoms. The van der Waals surface area contributed by atoms with E-state index < -0.39 is 0 Å². The average Bonchev–Trinajstić information content (AvgIpc) is 2.79. The number of aromatic nitrogens is 1. The van der Waals surface area contributed by atoms with Crippen LogP contribution in [0.3, 0.4) is 0 Å². The van der Waals surface area contributed by atoms with E-state index in [0.29, 0.717) is 26.9 Å². The van der Waals surface area contributed by atoms with Gasteiger partial charge in [0, 0.05) is 21.0 Å². The molecule has 0 aliphatic rings. The zero-order chi connectivity index (χ0) is 22.0. The minimum absolute atomic E-state index is 0.0583. The molecule has 4 rings (SSSR count). The Morgan fingerprint density at radius 1 is 0.935 bits per heavy atom. The van der Waals surface area contributed by atoms with E-state index in [0.717, 1.165) is 15.7 Å². The maximum Gasteiger partial charge on any atom is 0.143 e. The van der Waals surface area contributed by atoms with E-state index in [9.17, 15) is 10.5 Å². The predicted octanol–water partition coefficient (Wildman–Crippen LogP) is 6.04. The van der Waals surface area contributed by atoms with Gasteiger partial charge in [-0.2, -0.15) is 10.5 Å². The number of pyridine rings is 1. The van der Waals surface area contributed by atoms with Crippen LogP contribution in [0.25, 0.3) is 21.9 Å². The van der Waals surface area contributed by atoms with Gasteiger partial charge in [0.2, 0.25) is 0 Å². The zero-order valence-electron chi connectivity index (χ0n) is 16.4. The van der Waals surface area contributed by atoms with Crippen LogP contribution in [0.5, 0.6) is 5.75 Å². The van der Waals surface area contributed by atoms with E-state index >= 15 is 0 Å². The molecule has 1 heterocycles. The molecule has 0 aliphatic carbocycles. The smallest absolute Gasteiger partial charge is 0.143 e. The third-order valence-corrected chi connectivity index (χ3v) is 6.05. The first-order valence-electron chi connectivity index (χ1n) is 9.20. The summed E-state index contributed by atoms with van der Waals surface area (Å²) in [6, 6.07) is 23.0. The summed E-state index contributed by atoms with van der Waals surface area (Å²) < 4.78 is 5.62. The third-order valence-electron chi connectivity index (χ3n) is 4.80. The van der Waals surface area contributed by atoms with Crippen molar-refractivity contribution in [1.82, 2.24) is 4.98 Å². The Balaban J connectivity index is 2.06. The number of nitrogens with two attached hydrogens (primary N) is 1. The summed E-state index contributed by atoms with van der Waals surface area (Å²) in [5.41, 5.74) is 7.66. The van der Waals surface area contributed by atoms with Crippen LogP contribution in [0.2, 0.25) is 5.02 Å². The Morgan fingerprint density at radius 2 is 1.65 bits per heavy atom. The van der Waals surface area contributed by atoms with E-state index in [1.807, 2.05) is 48.5 Å². The van der Waals surface area contributed by atoms with Crippen LogP contribution >= 0.6 is 23.4 Å². The van der Waals surface area contributed by atoms with Crippen molar-refractivity contribution in [3.8, 4) is 29.0 Å². The van der Waals surface area contributed by atoms with Crippen LogP contribution < -0.4 is 10.5 Å². The van der Waals surface area contributed by atoms with Crippen LogP contribution in [0, 0.1) is 22.7 Å². The van der Waals surface area contributed by atoms with Gasteiger partial charge in [-0.25, -0.2) is 4.98 Å². The van der Waals surface area contributed by atoms with Crippen LogP contribution in [-0.4, -0.2) is 12.1 Å². The molecule has 0 saturated heterocycles. The first kappa shape index (κ1) is 20.6. The van der Waals surface area contributed by atoms with Crippen molar-refractivity contribution in [2.24, 2.45) is 0 Å². The number of nitriles is 2. The summed E-state index contributed by atoms with van der Waals surface area (Å²) in [6.07, 6.45) is 0. The molecule has 1 aromatic heterocycles. The van der Waals surface area contributed by atoms with Crippen LogP contribution in [0.4, 0.5) is 5.82 Å². The van der Waals surface area contributed by atoms with Gasteiger partial charge in [-0.3, -0.25) is 0 Å². The molecule has 0 fully saturated rings. The predicted molar refractivity (Wildman–Crippen MR) is 123 cm³/mol. The minimum Gasteiger partial charge on any atom is -0.496 e. The molecule has 150 valence electrons. The quantitative estimate of drug-likeness (QED) is 0.413. The van der Waals surface area contributed by atoms with Gasteiger partial charge in [-0.15, -0.1) is 0 Å². The Bertz CT molecular complexity index is 1390. The second-order valence-electron chi connectivity index (χ2n) is 6.57.